The van der Waals surface area contributed by atoms with E-state index in [1.807, 2.05) is 18.7 Å². The summed E-state index contributed by atoms with van der Waals surface area (Å²) in [5.74, 6) is 1.81. The molecule has 0 radical (unpaired) electrons. The normalized spacial score (nSPS) is 12.7. The second-order valence-electron chi connectivity index (χ2n) is 5.36. The third kappa shape index (κ3) is 8.16. The van der Waals surface area contributed by atoms with E-state index in [0.717, 1.165) is 30.2 Å². The summed E-state index contributed by atoms with van der Waals surface area (Å²) in [6, 6.07) is 6.59. The molecule has 134 valence electrons. The van der Waals surface area contributed by atoms with Crippen molar-refractivity contribution in [1.29, 1.82) is 0 Å². The predicted molar refractivity (Wildman–Crippen MR) is 99.7 cm³/mol. The fourth-order valence-corrected chi connectivity index (χ4v) is 2.43. The number of nitrogens with zero attached hydrogens (tertiary/aromatic N) is 2. The number of hydrogen-bond acceptors (Lipinski definition) is 5. The molecule has 0 spiro atoms. The SMILES string of the molecule is COCC(C)NC(=NCc1ccc([N+](=O)[O-])cc1)NCCCSC. The van der Waals surface area contributed by atoms with E-state index >= 15 is 0 Å². The molecule has 1 unspecified atom stereocenters. The fraction of sp³-hybridized carbons (Fsp3) is 0.562. The molecular formula is C16H26N4O3S. The molecule has 0 bridgehead atoms. The first-order valence-corrected chi connectivity index (χ1v) is 9.22. The number of hydrogen-bond donors (Lipinski definition) is 2. The Labute approximate surface area is 147 Å². The highest BCUT2D eigenvalue weighted by atomic mass is 32.2. The molecule has 0 fully saturated rings. The van der Waals surface area contributed by atoms with Crippen LogP contribution in [-0.4, -0.2) is 49.2 Å². The largest absolute Gasteiger partial charge is 0.383 e. The maximum absolute atomic E-state index is 10.7. The van der Waals surface area contributed by atoms with Crippen molar-refractivity contribution in [3.05, 3.63) is 39.9 Å². The van der Waals surface area contributed by atoms with Gasteiger partial charge in [-0.25, -0.2) is 4.99 Å². The Morgan fingerprint density at radius 3 is 2.71 bits per heavy atom. The molecule has 0 saturated heterocycles. The highest BCUT2D eigenvalue weighted by molar-refractivity contribution is 7.98. The van der Waals surface area contributed by atoms with Gasteiger partial charge in [0.1, 0.15) is 0 Å². The number of ether oxygens (including phenoxy) is 1. The number of benzene rings is 1. The number of nitrogens with one attached hydrogen (secondary N) is 2. The van der Waals surface area contributed by atoms with Crippen LogP contribution >= 0.6 is 11.8 Å². The molecule has 0 aromatic heterocycles. The smallest absolute Gasteiger partial charge is 0.269 e. The highest BCUT2D eigenvalue weighted by Crippen LogP contribution is 2.12. The zero-order chi connectivity index (χ0) is 17.8. The van der Waals surface area contributed by atoms with Crippen LogP contribution in [0.25, 0.3) is 0 Å². The summed E-state index contributed by atoms with van der Waals surface area (Å²) < 4.78 is 5.13. The Kier molecular flexibility index (Phi) is 9.86. The number of methoxy groups -OCH3 is 1. The van der Waals surface area contributed by atoms with Gasteiger partial charge in [0.15, 0.2) is 5.96 Å². The lowest BCUT2D eigenvalue weighted by molar-refractivity contribution is -0.384. The van der Waals surface area contributed by atoms with Crippen LogP contribution in [0.4, 0.5) is 5.69 Å². The maximum Gasteiger partial charge on any atom is 0.269 e. The zero-order valence-electron chi connectivity index (χ0n) is 14.4. The van der Waals surface area contributed by atoms with Crippen LogP contribution in [0.3, 0.4) is 0 Å². The molecule has 0 aliphatic carbocycles. The van der Waals surface area contributed by atoms with Crippen molar-refractivity contribution in [3.8, 4) is 0 Å². The van der Waals surface area contributed by atoms with Crippen LogP contribution in [-0.2, 0) is 11.3 Å². The van der Waals surface area contributed by atoms with Gasteiger partial charge < -0.3 is 15.4 Å². The number of thioether (sulfide) groups is 1. The van der Waals surface area contributed by atoms with E-state index in [2.05, 4.69) is 21.9 Å². The van der Waals surface area contributed by atoms with Crippen molar-refractivity contribution in [2.24, 2.45) is 4.99 Å². The molecule has 0 amide bonds. The topological polar surface area (TPSA) is 88.8 Å². The van der Waals surface area contributed by atoms with Gasteiger partial charge in [0.2, 0.25) is 0 Å². The van der Waals surface area contributed by atoms with E-state index in [9.17, 15) is 10.1 Å². The Morgan fingerprint density at radius 1 is 1.42 bits per heavy atom. The number of guanidine groups is 1. The van der Waals surface area contributed by atoms with Crippen molar-refractivity contribution >= 4 is 23.4 Å². The van der Waals surface area contributed by atoms with Gasteiger partial charge in [-0.15, -0.1) is 0 Å². The third-order valence-corrected chi connectivity index (χ3v) is 3.88. The lowest BCUT2D eigenvalue weighted by Gasteiger charge is -2.17. The van der Waals surface area contributed by atoms with Crippen molar-refractivity contribution in [2.75, 3.05) is 32.3 Å². The minimum atomic E-state index is -0.403. The quantitative estimate of drug-likeness (QED) is 0.221. The standard InChI is InChI=1S/C16H26N4O3S/c1-13(12-23-2)19-16(17-9-4-10-24-3)18-11-14-5-7-15(8-6-14)20(21)22/h5-8,13H,4,9-12H2,1-3H3,(H2,17,18,19). The zero-order valence-corrected chi connectivity index (χ0v) is 15.3. The second-order valence-corrected chi connectivity index (χ2v) is 6.35. The molecule has 1 aromatic carbocycles. The Morgan fingerprint density at radius 2 is 2.12 bits per heavy atom. The lowest BCUT2D eigenvalue weighted by Crippen LogP contribution is -2.44. The summed E-state index contributed by atoms with van der Waals surface area (Å²) >= 11 is 1.81. The summed E-state index contributed by atoms with van der Waals surface area (Å²) in [6.07, 6.45) is 3.14. The van der Waals surface area contributed by atoms with E-state index in [1.54, 1.807) is 19.2 Å². The van der Waals surface area contributed by atoms with Crippen LogP contribution in [0, 0.1) is 10.1 Å². The molecule has 1 rings (SSSR count). The molecule has 7 nitrogen and oxygen atoms in total. The van der Waals surface area contributed by atoms with Gasteiger partial charge in [0, 0.05) is 31.8 Å². The third-order valence-electron chi connectivity index (χ3n) is 3.18. The summed E-state index contributed by atoms with van der Waals surface area (Å²) in [7, 11) is 1.66. The van der Waals surface area contributed by atoms with Gasteiger partial charge in [-0.3, -0.25) is 10.1 Å². The highest BCUT2D eigenvalue weighted by Gasteiger charge is 2.06. The predicted octanol–water partition coefficient (Wildman–Crippen LogP) is 2.42. The van der Waals surface area contributed by atoms with Crippen molar-refractivity contribution in [3.63, 3.8) is 0 Å². The molecule has 0 saturated carbocycles. The van der Waals surface area contributed by atoms with Gasteiger partial charge in [-0.2, -0.15) is 11.8 Å². The number of aliphatic imine (C=N–C) groups is 1. The van der Waals surface area contributed by atoms with Crippen LogP contribution in [0.5, 0.6) is 0 Å². The molecule has 0 aliphatic heterocycles. The summed E-state index contributed by atoms with van der Waals surface area (Å²) in [5.41, 5.74) is 1.01. The molecule has 24 heavy (non-hydrogen) atoms. The fourth-order valence-electron chi connectivity index (χ4n) is 1.99. The van der Waals surface area contributed by atoms with E-state index < -0.39 is 4.92 Å². The van der Waals surface area contributed by atoms with Gasteiger partial charge in [0.25, 0.3) is 5.69 Å². The number of nitro benzene ring substituents is 1. The van der Waals surface area contributed by atoms with Gasteiger partial charge in [0.05, 0.1) is 18.1 Å². The molecule has 2 N–H and O–H groups in total. The average Bonchev–Trinajstić information content (AvgIpc) is 2.57. The van der Waals surface area contributed by atoms with E-state index in [0.29, 0.717) is 13.2 Å². The molecular weight excluding hydrogens is 328 g/mol. The Hall–Kier alpha value is -1.80. The van der Waals surface area contributed by atoms with Crippen LogP contribution in [0.2, 0.25) is 0 Å². The summed E-state index contributed by atoms with van der Waals surface area (Å²) in [4.78, 5) is 14.8. The first kappa shape index (κ1) is 20.2. The van der Waals surface area contributed by atoms with Crippen LogP contribution in [0.15, 0.2) is 29.3 Å². The van der Waals surface area contributed by atoms with Crippen LogP contribution < -0.4 is 10.6 Å². The van der Waals surface area contributed by atoms with Gasteiger partial charge in [-0.1, -0.05) is 12.1 Å². The molecule has 1 atom stereocenters. The Balaban J connectivity index is 2.65. The summed E-state index contributed by atoms with van der Waals surface area (Å²) in [5, 5.41) is 17.3. The van der Waals surface area contributed by atoms with E-state index in [1.165, 1.54) is 12.1 Å². The molecule has 0 heterocycles. The first-order chi connectivity index (χ1) is 11.6. The minimum Gasteiger partial charge on any atom is -0.383 e. The minimum absolute atomic E-state index is 0.0879. The van der Waals surface area contributed by atoms with Gasteiger partial charge in [-0.05, 0) is 30.9 Å². The molecule has 0 aliphatic rings. The average molecular weight is 354 g/mol. The van der Waals surface area contributed by atoms with Crippen LogP contribution in [0.1, 0.15) is 18.9 Å². The number of non-ortho nitro benzene ring substituents is 1. The number of nitro groups is 1. The number of rotatable bonds is 10. The van der Waals surface area contributed by atoms with E-state index in [4.69, 9.17) is 4.74 Å². The van der Waals surface area contributed by atoms with Crippen molar-refractivity contribution in [2.45, 2.75) is 25.9 Å². The molecule has 1 aromatic rings. The Bertz CT molecular complexity index is 523. The first-order valence-electron chi connectivity index (χ1n) is 7.83. The molecule has 8 heteroatoms. The van der Waals surface area contributed by atoms with E-state index in [-0.39, 0.29) is 11.7 Å². The van der Waals surface area contributed by atoms with Gasteiger partial charge >= 0.3 is 0 Å². The monoisotopic (exact) mass is 354 g/mol. The second kappa shape index (κ2) is 11.7. The van der Waals surface area contributed by atoms with Crippen molar-refractivity contribution in [1.82, 2.24) is 10.6 Å². The maximum atomic E-state index is 10.7. The summed E-state index contributed by atoms with van der Waals surface area (Å²) in [6.45, 7) is 3.90. The van der Waals surface area contributed by atoms with Crippen molar-refractivity contribution < 1.29 is 9.66 Å². The lowest BCUT2D eigenvalue weighted by atomic mass is 10.2.